The number of aromatic amines is 1. The van der Waals surface area contributed by atoms with Crippen LogP contribution in [-0.4, -0.2) is 15.0 Å². The Morgan fingerprint density at radius 1 is 1.25 bits per heavy atom. The van der Waals surface area contributed by atoms with E-state index in [0.29, 0.717) is 28.4 Å². The highest BCUT2D eigenvalue weighted by Crippen LogP contribution is 2.35. The van der Waals surface area contributed by atoms with Gasteiger partial charge >= 0.3 is 6.18 Å². The molecule has 1 aliphatic rings. The molecule has 8 heteroatoms. The van der Waals surface area contributed by atoms with Crippen molar-refractivity contribution in [3.05, 3.63) is 50.2 Å². The molecule has 2 heterocycles. The van der Waals surface area contributed by atoms with Crippen LogP contribution in [-0.2, 0) is 24.8 Å². The van der Waals surface area contributed by atoms with Gasteiger partial charge in [-0.3, -0.25) is 4.79 Å². The summed E-state index contributed by atoms with van der Waals surface area (Å²) < 4.78 is 39.7. The van der Waals surface area contributed by atoms with E-state index in [2.05, 4.69) is 15.0 Å². The van der Waals surface area contributed by atoms with Crippen LogP contribution in [0.5, 0.6) is 0 Å². The van der Waals surface area contributed by atoms with E-state index >= 15 is 0 Å². The van der Waals surface area contributed by atoms with Crippen molar-refractivity contribution >= 4 is 11.8 Å². The van der Waals surface area contributed by atoms with Crippen molar-refractivity contribution in [3.63, 3.8) is 0 Å². The minimum absolute atomic E-state index is 0.0513. The molecular weight excluding hydrogens is 339 g/mol. The van der Waals surface area contributed by atoms with E-state index in [-0.39, 0.29) is 16.9 Å². The SMILES string of the molecule is Cc1cc(C)c(CSc2nc3c(c(=O)[nH]2)CCC3)c(C(F)(F)F)n1. The van der Waals surface area contributed by atoms with Crippen molar-refractivity contribution in [3.8, 4) is 0 Å². The lowest BCUT2D eigenvalue weighted by Crippen LogP contribution is -2.16. The van der Waals surface area contributed by atoms with Crippen molar-refractivity contribution in [2.75, 3.05) is 0 Å². The number of nitrogens with zero attached hydrogens (tertiary/aromatic N) is 2. The Morgan fingerprint density at radius 2 is 2.00 bits per heavy atom. The van der Waals surface area contributed by atoms with Crippen LogP contribution >= 0.6 is 11.8 Å². The molecule has 0 saturated carbocycles. The maximum Gasteiger partial charge on any atom is 0.433 e. The van der Waals surface area contributed by atoms with E-state index in [4.69, 9.17) is 0 Å². The summed E-state index contributed by atoms with van der Waals surface area (Å²) in [6, 6.07) is 1.63. The van der Waals surface area contributed by atoms with Crippen molar-refractivity contribution in [1.29, 1.82) is 0 Å². The Kier molecular flexibility index (Phi) is 4.42. The van der Waals surface area contributed by atoms with E-state index in [1.54, 1.807) is 19.9 Å². The van der Waals surface area contributed by atoms with E-state index in [9.17, 15) is 18.0 Å². The number of fused-ring (bicyclic) bond motifs is 1. The fourth-order valence-electron chi connectivity index (χ4n) is 2.91. The molecule has 0 aliphatic heterocycles. The molecule has 24 heavy (non-hydrogen) atoms. The van der Waals surface area contributed by atoms with Crippen LogP contribution in [0.15, 0.2) is 16.0 Å². The molecule has 0 saturated heterocycles. The summed E-state index contributed by atoms with van der Waals surface area (Å²) in [6.07, 6.45) is -2.17. The van der Waals surface area contributed by atoms with Crippen molar-refractivity contribution in [2.45, 2.75) is 50.2 Å². The topological polar surface area (TPSA) is 58.6 Å². The molecule has 0 radical (unpaired) electrons. The number of nitrogens with one attached hydrogen (secondary N) is 1. The van der Waals surface area contributed by atoms with Gasteiger partial charge in [-0.1, -0.05) is 11.8 Å². The van der Waals surface area contributed by atoms with Gasteiger partial charge in [0.25, 0.3) is 5.56 Å². The lowest BCUT2D eigenvalue weighted by Gasteiger charge is -2.15. The predicted octanol–water partition coefficient (Wildman–Crippen LogP) is 3.58. The monoisotopic (exact) mass is 355 g/mol. The second-order valence-corrected chi connectivity index (χ2v) is 6.81. The van der Waals surface area contributed by atoms with Gasteiger partial charge in [-0.05, 0) is 50.3 Å². The molecular formula is C16H16F3N3OS. The standard InChI is InChI=1S/C16H16F3N3OS/c1-8-6-9(2)20-13(16(17,18)19)11(8)7-24-15-21-12-5-3-4-10(12)14(23)22-15/h6H,3-5,7H2,1-2H3,(H,21,22,23). The molecule has 2 aromatic heterocycles. The summed E-state index contributed by atoms with van der Waals surface area (Å²) in [4.78, 5) is 22.7. The van der Waals surface area contributed by atoms with E-state index in [1.807, 2.05) is 0 Å². The molecule has 0 atom stereocenters. The minimum Gasteiger partial charge on any atom is -0.301 e. The molecule has 1 aliphatic carbocycles. The molecule has 4 nitrogen and oxygen atoms in total. The summed E-state index contributed by atoms with van der Waals surface area (Å²) in [7, 11) is 0. The lowest BCUT2D eigenvalue weighted by molar-refractivity contribution is -0.141. The third-order valence-electron chi connectivity index (χ3n) is 4.02. The number of hydrogen-bond donors (Lipinski definition) is 1. The number of aryl methyl sites for hydroxylation is 3. The van der Waals surface area contributed by atoms with E-state index in [0.717, 1.165) is 30.3 Å². The predicted molar refractivity (Wildman–Crippen MR) is 85.2 cm³/mol. The number of aromatic nitrogens is 3. The first-order chi connectivity index (χ1) is 11.3. The van der Waals surface area contributed by atoms with Crippen LogP contribution in [0.25, 0.3) is 0 Å². The quantitative estimate of drug-likeness (QED) is 0.675. The number of halogens is 3. The fraction of sp³-hybridized carbons (Fsp3) is 0.438. The molecule has 0 amide bonds. The maximum atomic E-state index is 13.2. The molecule has 1 N–H and O–H groups in total. The lowest BCUT2D eigenvalue weighted by atomic mass is 10.1. The van der Waals surface area contributed by atoms with Gasteiger partial charge in [-0.2, -0.15) is 13.2 Å². The Morgan fingerprint density at radius 3 is 2.71 bits per heavy atom. The van der Waals surface area contributed by atoms with E-state index in [1.165, 1.54) is 0 Å². The smallest absolute Gasteiger partial charge is 0.301 e. The second-order valence-electron chi connectivity index (χ2n) is 5.84. The molecule has 0 fully saturated rings. The molecule has 2 aromatic rings. The summed E-state index contributed by atoms with van der Waals surface area (Å²) in [6.45, 7) is 3.18. The molecule has 0 bridgehead atoms. The van der Waals surface area contributed by atoms with Gasteiger partial charge in [0.2, 0.25) is 0 Å². The van der Waals surface area contributed by atoms with Crippen LogP contribution in [0.2, 0.25) is 0 Å². The van der Waals surface area contributed by atoms with Crippen molar-refractivity contribution in [2.24, 2.45) is 0 Å². The largest absolute Gasteiger partial charge is 0.433 e. The van der Waals surface area contributed by atoms with Crippen LogP contribution in [0.4, 0.5) is 13.2 Å². The zero-order valence-corrected chi connectivity index (χ0v) is 14.1. The van der Waals surface area contributed by atoms with Gasteiger partial charge in [-0.25, -0.2) is 9.97 Å². The number of rotatable bonds is 3. The van der Waals surface area contributed by atoms with Gasteiger partial charge in [0.15, 0.2) is 5.16 Å². The molecule has 0 spiro atoms. The summed E-state index contributed by atoms with van der Waals surface area (Å²) in [5.74, 6) is 0.0513. The number of thioether (sulfide) groups is 1. The zero-order valence-electron chi connectivity index (χ0n) is 13.3. The van der Waals surface area contributed by atoms with E-state index < -0.39 is 11.9 Å². The van der Waals surface area contributed by atoms with Crippen molar-refractivity contribution in [1.82, 2.24) is 15.0 Å². The Labute approximate surface area is 140 Å². The average molecular weight is 355 g/mol. The molecule has 3 rings (SSSR count). The van der Waals surface area contributed by atoms with Crippen LogP contribution < -0.4 is 5.56 Å². The Bertz CT molecular complexity index is 846. The fourth-order valence-corrected chi connectivity index (χ4v) is 3.89. The van der Waals surface area contributed by atoms with Gasteiger partial charge in [0.1, 0.15) is 5.69 Å². The second kappa shape index (κ2) is 6.23. The first-order valence-corrected chi connectivity index (χ1v) is 8.53. The van der Waals surface area contributed by atoms with Crippen LogP contribution in [0.1, 0.15) is 40.2 Å². The first-order valence-electron chi connectivity index (χ1n) is 7.55. The zero-order chi connectivity index (χ0) is 17.5. The highest BCUT2D eigenvalue weighted by molar-refractivity contribution is 7.98. The first kappa shape index (κ1) is 17.0. The molecule has 0 aromatic carbocycles. The van der Waals surface area contributed by atoms with Gasteiger partial charge in [0.05, 0.1) is 5.69 Å². The molecule has 0 unspecified atom stereocenters. The number of H-pyrrole nitrogens is 1. The summed E-state index contributed by atoms with van der Waals surface area (Å²) in [5, 5.41) is 0.355. The molecule has 128 valence electrons. The minimum atomic E-state index is -4.51. The van der Waals surface area contributed by atoms with Gasteiger partial charge in [-0.15, -0.1) is 0 Å². The van der Waals surface area contributed by atoms with Crippen LogP contribution in [0.3, 0.4) is 0 Å². The summed E-state index contributed by atoms with van der Waals surface area (Å²) >= 11 is 1.10. The average Bonchev–Trinajstić information content (AvgIpc) is 2.93. The van der Waals surface area contributed by atoms with Gasteiger partial charge < -0.3 is 4.98 Å². The normalized spacial score (nSPS) is 14.0. The third kappa shape index (κ3) is 3.33. The third-order valence-corrected chi connectivity index (χ3v) is 4.92. The number of alkyl halides is 3. The summed E-state index contributed by atoms with van der Waals surface area (Å²) in [5.41, 5.74) is 1.40. The van der Waals surface area contributed by atoms with Crippen LogP contribution in [0, 0.1) is 13.8 Å². The highest BCUT2D eigenvalue weighted by atomic mass is 32.2. The maximum absolute atomic E-state index is 13.2. The number of hydrogen-bond acceptors (Lipinski definition) is 4. The Balaban J connectivity index is 1.90. The highest BCUT2D eigenvalue weighted by Gasteiger charge is 2.36. The van der Waals surface area contributed by atoms with Gasteiger partial charge in [0, 0.05) is 17.0 Å². The number of pyridine rings is 1. The van der Waals surface area contributed by atoms with Crippen molar-refractivity contribution < 1.29 is 13.2 Å². The Hall–Kier alpha value is -1.83.